The topological polar surface area (TPSA) is 107 Å². The van der Waals surface area contributed by atoms with Gasteiger partial charge in [-0.15, -0.1) is 0 Å². The summed E-state index contributed by atoms with van der Waals surface area (Å²) < 4.78 is 11.1. The lowest BCUT2D eigenvalue weighted by atomic mass is 9.64. The van der Waals surface area contributed by atoms with Gasteiger partial charge in [-0.2, -0.15) is 0 Å². The normalized spacial score (nSPS) is 27.5. The summed E-state index contributed by atoms with van der Waals surface area (Å²) in [7, 11) is 0. The Morgan fingerprint density at radius 3 is 2.52 bits per heavy atom. The SMILES string of the molecule is O=C(C[C@H]1C[C@H](C(=O)N2CCOCC2)[C@@]2(CCC3CCCC3)c3[nH]c4ccc(Cl)cc4c3CCN2C1=O)NCCN1CCOCC1. The number of aromatic amines is 1. The van der Waals surface area contributed by atoms with E-state index in [0.29, 0.717) is 76.4 Å². The quantitative estimate of drug-likeness (QED) is 0.428. The number of piperidine rings is 1. The molecule has 1 saturated carbocycles. The van der Waals surface area contributed by atoms with Crippen LogP contribution >= 0.6 is 11.6 Å². The average molecular weight is 654 g/mol. The lowest BCUT2D eigenvalue weighted by Crippen LogP contribution is -2.66. The van der Waals surface area contributed by atoms with E-state index < -0.39 is 17.4 Å². The second kappa shape index (κ2) is 13.8. The Hall–Kier alpha value is -2.66. The highest BCUT2D eigenvalue weighted by Crippen LogP contribution is 2.54. The zero-order chi connectivity index (χ0) is 31.7. The Labute approximate surface area is 276 Å². The number of benzene rings is 1. The number of morpholine rings is 2. The van der Waals surface area contributed by atoms with Crippen molar-refractivity contribution in [3.05, 3.63) is 34.5 Å². The van der Waals surface area contributed by atoms with Crippen LogP contribution in [0, 0.1) is 17.8 Å². The minimum atomic E-state index is -0.794. The summed E-state index contributed by atoms with van der Waals surface area (Å²) in [6.45, 7) is 7.10. The Morgan fingerprint density at radius 1 is 1.02 bits per heavy atom. The first-order chi connectivity index (χ1) is 22.4. The number of H-pyrrole nitrogens is 1. The van der Waals surface area contributed by atoms with Gasteiger partial charge in [0.1, 0.15) is 0 Å². The number of nitrogens with zero attached hydrogens (tertiary/aromatic N) is 3. The van der Waals surface area contributed by atoms with Gasteiger partial charge >= 0.3 is 0 Å². The Balaban J connectivity index is 1.22. The molecule has 5 aliphatic rings. The predicted octanol–water partition coefficient (Wildman–Crippen LogP) is 3.71. The van der Waals surface area contributed by atoms with Crippen molar-refractivity contribution < 1.29 is 23.9 Å². The molecule has 5 heterocycles. The minimum Gasteiger partial charge on any atom is -0.379 e. The van der Waals surface area contributed by atoms with Crippen molar-refractivity contribution in [3.63, 3.8) is 0 Å². The number of carbonyl (C=O) groups is 3. The smallest absolute Gasteiger partial charge is 0.228 e. The minimum absolute atomic E-state index is 0.00289. The maximum absolute atomic E-state index is 14.8. The number of hydrogen-bond acceptors (Lipinski definition) is 6. The summed E-state index contributed by atoms with van der Waals surface area (Å²) in [4.78, 5) is 52.6. The Bertz CT molecular complexity index is 1430. The molecule has 1 aromatic heterocycles. The van der Waals surface area contributed by atoms with Gasteiger partial charge in [0, 0.05) is 79.8 Å². The van der Waals surface area contributed by atoms with E-state index in [4.69, 9.17) is 21.1 Å². The second-order valence-electron chi connectivity index (χ2n) is 14.0. The summed E-state index contributed by atoms with van der Waals surface area (Å²) in [5.74, 6) is -0.445. The van der Waals surface area contributed by atoms with Crippen molar-refractivity contribution in [2.24, 2.45) is 17.8 Å². The standard InChI is InChI=1S/C35H48ClN5O5/c36-26-5-6-30-28(23-26)27-8-11-41-33(43)25(22-31(42)37-10-12-39-13-17-45-18-14-39)21-29(34(44)40-15-19-46-20-16-40)35(41,32(27)38-30)9-7-24-3-1-2-4-24/h5-6,23-25,29,38H,1-4,7-22H2,(H,37,42)/t25-,29-,35+/m1/s1. The summed E-state index contributed by atoms with van der Waals surface area (Å²) >= 11 is 6.49. The number of halogens is 1. The molecule has 3 saturated heterocycles. The molecule has 0 spiro atoms. The van der Waals surface area contributed by atoms with Gasteiger partial charge in [0.05, 0.1) is 37.9 Å². The lowest BCUT2D eigenvalue weighted by molar-refractivity contribution is -0.169. The molecule has 10 nitrogen and oxygen atoms in total. The van der Waals surface area contributed by atoms with Crippen molar-refractivity contribution in [3.8, 4) is 0 Å². The molecule has 3 amide bonds. The van der Waals surface area contributed by atoms with Gasteiger partial charge in [-0.1, -0.05) is 37.3 Å². The summed E-state index contributed by atoms with van der Waals surface area (Å²) in [6, 6.07) is 5.92. The van der Waals surface area contributed by atoms with Gasteiger partial charge in [-0.25, -0.2) is 0 Å². The molecular formula is C35H48ClN5O5. The first-order valence-corrected chi connectivity index (χ1v) is 17.9. The van der Waals surface area contributed by atoms with E-state index in [-0.39, 0.29) is 24.1 Å². The second-order valence-corrected chi connectivity index (χ2v) is 14.4. The summed E-state index contributed by atoms with van der Waals surface area (Å²) in [5, 5.41) is 4.82. The van der Waals surface area contributed by atoms with E-state index in [1.807, 2.05) is 28.0 Å². The molecule has 11 heteroatoms. The van der Waals surface area contributed by atoms with Crippen LogP contribution in [0.25, 0.3) is 10.9 Å². The Morgan fingerprint density at radius 2 is 1.76 bits per heavy atom. The van der Waals surface area contributed by atoms with Crippen LogP contribution in [0.4, 0.5) is 0 Å². The number of amides is 3. The third-order valence-electron chi connectivity index (χ3n) is 11.4. The number of nitrogens with one attached hydrogen (secondary N) is 2. The van der Waals surface area contributed by atoms with Crippen molar-refractivity contribution in [1.29, 1.82) is 0 Å². The van der Waals surface area contributed by atoms with Crippen molar-refractivity contribution >= 4 is 40.2 Å². The maximum atomic E-state index is 14.8. The fourth-order valence-electron chi connectivity index (χ4n) is 8.99. The molecule has 0 radical (unpaired) electrons. The highest BCUT2D eigenvalue weighted by molar-refractivity contribution is 6.31. The van der Waals surface area contributed by atoms with Crippen molar-refractivity contribution in [2.75, 3.05) is 72.2 Å². The number of hydrogen-bond donors (Lipinski definition) is 2. The van der Waals surface area contributed by atoms with Gasteiger partial charge in [0.15, 0.2) is 0 Å². The zero-order valence-corrected chi connectivity index (χ0v) is 27.6. The molecule has 2 aromatic rings. The lowest BCUT2D eigenvalue weighted by Gasteiger charge is -2.56. The van der Waals surface area contributed by atoms with Crippen LogP contribution in [0.15, 0.2) is 18.2 Å². The van der Waals surface area contributed by atoms with Crippen molar-refractivity contribution in [2.45, 2.75) is 63.3 Å². The Kier molecular flexibility index (Phi) is 9.59. The first kappa shape index (κ1) is 31.9. The zero-order valence-electron chi connectivity index (χ0n) is 26.9. The van der Waals surface area contributed by atoms with Crippen LogP contribution in [-0.4, -0.2) is 110 Å². The molecule has 2 N–H and O–H groups in total. The monoisotopic (exact) mass is 653 g/mol. The molecular weight excluding hydrogens is 606 g/mol. The van der Waals surface area contributed by atoms with Crippen LogP contribution < -0.4 is 5.32 Å². The maximum Gasteiger partial charge on any atom is 0.228 e. The third-order valence-corrected chi connectivity index (χ3v) is 11.6. The molecule has 0 unspecified atom stereocenters. The predicted molar refractivity (Wildman–Crippen MR) is 175 cm³/mol. The average Bonchev–Trinajstić information content (AvgIpc) is 3.74. The number of fused-ring (bicyclic) bond motifs is 5. The fourth-order valence-corrected chi connectivity index (χ4v) is 9.16. The molecule has 4 fully saturated rings. The highest BCUT2D eigenvalue weighted by atomic mass is 35.5. The van der Waals surface area contributed by atoms with Gasteiger partial charge in [0.25, 0.3) is 0 Å². The van der Waals surface area contributed by atoms with Gasteiger partial charge in [0.2, 0.25) is 17.7 Å². The molecule has 7 rings (SSSR count). The van der Waals surface area contributed by atoms with E-state index in [2.05, 4.69) is 15.2 Å². The number of ether oxygens (including phenoxy) is 2. The van der Waals surface area contributed by atoms with Gasteiger partial charge < -0.3 is 29.6 Å². The number of aromatic nitrogens is 1. The molecule has 4 aliphatic heterocycles. The summed E-state index contributed by atoms with van der Waals surface area (Å²) in [5.41, 5.74) is 2.37. The number of carbonyl (C=O) groups excluding carboxylic acids is 3. The molecule has 46 heavy (non-hydrogen) atoms. The van der Waals surface area contributed by atoms with E-state index >= 15 is 0 Å². The highest BCUT2D eigenvalue weighted by Gasteiger charge is 2.59. The van der Waals surface area contributed by atoms with Crippen LogP contribution in [0.5, 0.6) is 0 Å². The van der Waals surface area contributed by atoms with E-state index in [1.165, 1.54) is 31.2 Å². The van der Waals surface area contributed by atoms with E-state index in [0.717, 1.165) is 49.1 Å². The fraction of sp³-hybridized carbons (Fsp3) is 0.686. The van der Waals surface area contributed by atoms with Crippen molar-refractivity contribution in [1.82, 2.24) is 25.0 Å². The van der Waals surface area contributed by atoms with Crippen LogP contribution in [0.3, 0.4) is 0 Å². The van der Waals surface area contributed by atoms with Crippen LogP contribution in [0.1, 0.15) is 62.6 Å². The molecule has 250 valence electrons. The van der Waals surface area contributed by atoms with E-state index in [1.54, 1.807) is 0 Å². The molecule has 3 atom stereocenters. The molecule has 0 bridgehead atoms. The largest absolute Gasteiger partial charge is 0.379 e. The first-order valence-electron chi connectivity index (χ1n) is 17.5. The van der Waals surface area contributed by atoms with Gasteiger partial charge in [-0.3, -0.25) is 19.3 Å². The van der Waals surface area contributed by atoms with Crippen LogP contribution in [0.2, 0.25) is 5.02 Å². The molecule has 1 aliphatic carbocycles. The van der Waals surface area contributed by atoms with Gasteiger partial charge in [-0.05, 0) is 55.4 Å². The third kappa shape index (κ3) is 6.18. The van der Waals surface area contributed by atoms with E-state index in [9.17, 15) is 14.4 Å². The van der Waals surface area contributed by atoms with Crippen LogP contribution in [-0.2, 0) is 35.8 Å². The summed E-state index contributed by atoms with van der Waals surface area (Å²) in [6.07, 6.45) is 7.74. The molecule has 1 aromatic carbocycles. The number of rotatable bonds is 9.